The molecule has 0 aromatic heterocycles. The maximum atomic E-state index is 6.07. The van der Waals surface area contributed by atoms with Gasteiger partial charge in [-0.25, -0.2) is 0 Å². The lowest BCUT2D eigenvalue weighted by molar-refractivity contribution is 0.0765. The summed E-state index contributed by atoms with van der Waals surface area (Å²) < 4.78 is 5.51. The summed E-state index contributed by atoms with van der Waals surface area (Å²) in [4.78, 5) is 0. The summed E-state index contributed by atoms with van der Waals surface area (Å²) >= 11 is 6.07. The van der Waals surface area contributed by atoms with Gasteiger partial charge in [-0.05, 0) is 29.2 Å². The minimum Gasteiger partial charge on any atom is -0.378 e. The number of hydrogen-bond acceptors (Lipinski definition) is 2. The van der Waals surface area contributed by atoms with Gasteiger partial charge in [0.05, 0.1) is 19.3 Å². The first kappa shape index (κ1) is 11.9. The quantitative estimate of drug-likeness (QED) is 0.856. The SMILES string of the molecule is CC(C)c1ccc(Cl)cc1C1COCCN1. The molecule has 0 radical (unpaired) electrons. The Hall–Kier alpha value is -0.570. The first-order valence-corrected chi connectivity index (χ1v) is 6.16. The largest absolute Gasteiger partial charge is 0.378 e. The van der Waals surface area contributed by atoms with Crippen molar-refractivity contribution in [3.63, 3.8) is 0 Å². The van der Waals surface area contributed by atoms with Crippen molar-refractivity contribution in [1.82, 2.24) is 5.32 Å². The number of hydrogen-bond donors (Lipinski definition) is 1. The van der Waals surface area contributed by atoms with Crippen LogP contribution in [0.2, 0.25) is 5.02 Å². The number of rotatable bonds is 2. The zero-order chi connectivity index (χ0) is 11.5. The van der Waals surface area contributed by atoms with Crippen molar-refractivity contribution in [3.8, 4) is 0 Å². The van der Waals surface area contributed by atoms with Crippen LogP contribution in [0.5, 0.6) is 0 Å². The van der Waals surface area contributed by atoms with E-state index in [1.165, 1.54) is 11.1 Å². The number of halogens is 1. The molecule has 0 saturated carbocycles. The second kappa shape index (κ2) is 5.17. The molecule has 0 amide bonds. The molecule has 1 fully saturated rings. The minimum atomic E-state index is 0.282. The molecule has 1 aromatic carbocycles. The van der Waals surface area contributed by atoms with Crippen LogP contribution in [0.4, 0.5) is 0 Å². The zero-order valence-electron chi connectivity index (χ0n) is 9.79. The van der Waals surface area contributed by atoms with Gasteiger partial charge >= 0.3 is 0 Å². The third-order valence-electron chi connectivity index (χ3n) is 2.97. The average Bonchev–Trinajstić information content (AvgIpc) is 2.29. The Balaban J connectivity index is 2.32. The van der Waals surface area contributed by atoms with Gasteiger partial charge in [0.2, 0.25) is 0 Å². The molecule has 16 heavy (non-hydrogen) atoms. The van der Waals surface area contributed by atoms with Gasteiger partial charge in [0.1, 0.15) is 0 Å². The van der Waals surface area contributed by atoms with E-state index >= 15 is 0 Å². The van der Waals surface area contributed by atoms with Gasteiger partial charge in [-0.2, -0.15) is 0 Å². The summed E-state index contributed by atoms with van der Waals surface area (Å²) in [6.07, 6.45) is 0. The van der Waals surface area contributed by atoms with Crippen molar-refractivity contribution in [2.75, 3.05) is 19.8 Å². The fraction of sp³-hybridized carbons (Fsp3) is 0.538. The molecular formula is C13H18ClNO. The lowest BCUT2D eigenvalue weighted by Crippen LogP contribution is -2.35. The molecule has 1 N–H and O–H groups in total. The number of benzene rings is 1. The van der Waals surface area contributed by atoms with Crippen LogP contribution in [0.25, 0.3) is 0 Å². The third kappa shape index (κ3) is 2.57. The Morgan fingerprint density at radius 1 is 1.44 bits per heavy atom. The monoisotopic (exact) mass is 239 g/mol. The molecule has 3 heteroatoms. The van der Waals surface area contributed by atoms with Crippen molar-refractivity contribution in [1.29, 1.82) is 0 Å². The second-order valence-corrected chi connectivity index (χ2v) is 4.95. The summed E-state index contributed by atoms with van der Waals surface area (Å²) in [5.74, 6) is 0.510. The molecule has 2 rings (SSSR count). The summed E-state index contributed by atoms with van der Waals surface area (Å²) in [6, 6.07) is 6.43. The lowest BCUT2D eigenvalue weighted by Gasteiger charge is -2.27. The first-order valence-electron chi connectivity index (χ1n) is 5.79. The number of ether oxygens (including phenoxy) is 1. The van der Waals surface area contributed by atoms with Gasteiger partial charge in [0, 0.05) is 11.6 Å². The molecule has 0 spiro atoms. The molecule has 1 aliphatic rings. The highest BCUT2D eigenvalue weighted by Crippen LogP contribution is 2.28. The first-order chi connectivity index (χ1) is 7.68. The predicted octanol–water partition coefficient (Wildman–Crippen LogP) is 3.12. The van der Waals surface area contributed by atoms with E-state index < -0.39 is 0 Å². The lowest BCUT2D eigenvalue weighted by atomic mass is 9.92. The zero-order valence-corrected chi connectivity index (χ0v) is 10.6. The van der Waals surface area contributed by atoms with Crippen LogP contribution in [-0.2, 0) is 4.74 Å². The molecule has 1 heterocycles. The van der Waals surface area contributed by atoms with Crippen LogP contribution < -0.4 is 5.32 Å². The minimum absolute atomic E-state index is 0.282. The third-order valence-corrected chi connectivity index (χ3v) is 3.20. The summed E-state index contributed by atoms with van der Waals surface area (Å²) in [6.45, 7) is 6.86. The second-order valence-electron chi connectivity index (χ2n) is 4.51. The predicted molar refractivity (Wildman–Crippen MR) is 67.1 cm³/mol. The highest BCUT2D eigenvalue weighted by atomic mass is 35.5. The van der Waals surface area contributed by atoms with Crippen molar-refractivity contribution in [3.05, 3.63) is 34.3 Å². The molecule has 1 aliphatic heterocycles. The van der Waals surface area contributed by atoms with Crippen LogP contribution in [0.1, 0.15) is 36.9 Å². The number of nitrogens with one attached hydrogen (secondary N) is 1. The topological polar surface area (TPSA) is 21.3 Å². The van der Waals surface area contributed by atoms with Gasteiger partial charge in [-0.15, -0.1) is 0 Å². The standard InChI is InChI=1S/C13H18ClNO/c1-9(2)11-4-3-10(14)7-12(11)13-8-16-6-5-15-13/h3-4,7,9,13,15H,5-6,8H2,1-2H3. The van der Waals surface area contributed by atoms with Gasteiger partial charge < -0.3 is 10.1 Å². The van der Waals surface area contributed by atoms with E-state index in [4.69, 9.17) is 16.3 Å². The molecule has 1 unspecified atom stereocenters. The molecule has 1 atom stereocenters. The Kier molecular flexibility index (Phi) is 3.85. The molecule has 2 nitrogen and oxygen atoms in total. The van der Waals surface area contributed by atoms with Gasteiger partial charge in [0.25, 0.3) is 0 Å². The molecule has 1 aromatic rings. The molecular weight excluding hydrogens is 222 g/mol. The van der Waals surface area contributed by atoms with Crippen LogP contribution in [0.3, 0.4) is 0 Å². The smallest absolute Gasteiger partial charge is 0.0662 e. The van der Waals surface area contributed by atoms with Crippen molar-refractivity contribution >= 4 is 11.6 Å². The van der Waals surface area contributed by atoms with E-state index in [2.05, 4.69) is 31.3 Å². The van der Waals surface area contributed by atoms with E-state index in [9.17, 15) is 0 Å². The van der Waals surface area contributed by atoms with E-state index in [0.29, 0.717) is 5.92 Å². The van der Waals surface area contributed by atoms with Gasteiger partial charge in [-0.3, -0.25) is 0 Å². The van der Waals surface area contributed by atoms with Crippen LogP contribution in [-0.4, -0.2) is 19.8 Å². The average molecular weight is 240 g/mol. The normalized spacial score (nSPS) is 21.4. The van der Waals surface area contributed by atoms with E-state index in [1.54, 1.807) is 0 Å². The molecule has 0 aliphatic carbocycles. The summed E-state index contributed by atoms with van der Waals surface area (Å²) in [7, 11) is 0. The van der Waals surface area contributed by atoms with Gasteiger partial charge in [0.15, 0.2) is 0 Å². The fourth-order valence-electron chi connectivity index (χ4n) is 2.14. The van der Waals surface area contributed by atoms with E-state index in [-0.39, 0.29) is 6.04 Å². The van der Waals surface area contributed by atoms with Crippen molar-refractivity contribution in [2.24, 2.45) is 0 Å². The maximum absolute atomic E-state index is 6.07. The van der Waals surface area contributed by atoms with Crippen LogP contribution in [0, 0.1) is 0 Å². The van der Waals surface area contributed by atoms with Gasteiger partial charge in [-0.1, -0.05) is 31.5 Å². The van der Waals surface area contributed by atoms with Crippen LogP contribution >= 0.6 is 11.6 Å². The highest BCUT2D eigenvalue weighted by molar-refractivity contribution is 6.30. The Morgan fingerprint density at radius 3 is 2.88 bits per heavy atom. The molecule has 1 saturated heterocycles. The summed E-state index contributed by atoms with van der Waals surface area (Å²) in [5, 5.41) is 4.27. The van der Waals surface area contributed by atoms with E-state index in [1.807, 2.05) is 6.07 Å². The fourth-order valence-corrected chi connectivity index (χ4v) is 2.32. The van der Waals surface area contributed by atoms with Crippen molar-refractivity contribution < 1.29 is 4.74 Å². The Morgan fingerprint density at radius 2 is 2.25 bits per heavy atom. The van der Waals surface area contributed by atoms with Crippen molar-refractivity contribution in [2.45, 2.75) is 25.8 Å². The maximum Gasteiger partial charge on any atom is 0.0662 e. The Bertz CT molecular complexity index is 359. The summed E-state index contributed by atoms with van der Waals surface area (Å²) in [5.41, 5.74) is 2.63. The van der Waals surface area contributed by atoms with E-state index in [0.717, 1.165) is 24.8 Å². The Labute approximate surface area is 102 Å². The molecule has 0 bridgehead atoms. The van der Waals surface area contributed by atoms with Crippen LogP contribution in [0.15, 0.2) is 18.2 Å². The highest BCUT2D eigenvalue weighted by Gasteiger charge is 2.19. The number of morpholine rings is 1. The molecule has 88 valence electrons.